The van der Waals surface area contributed by atoms with Crippen LogP contribution in [0.25, 0.3) is 0 Å². The van der Waals surface area contributed by atoms with Crippen molar-refractivity contribution in [3.63, 3.8) is 0 Å². The zero-order valence-corrected chi connectivity index (χ0v) is 18.3. The number of benzene rings is 2. The topological polar surface area (TPSA) is 77.5 Å². The first kappa shape index (κ1) is 20.3. The molecule has 1 amide bonds. The number of rotatable bonds is 1. The van der Waals surface area contributed by atoms with Crippen LogP contribution >= 0.6 is 0 Å². The van der Waals surface area contributed by atoms with Crippen LogP contribution in [0.15, 0.2) is 48.5 Å². The van der Waals surface area contributed by atoms with E-state index < -0.39 is 35.3 Å². The summed E-state index contributed by atoms with van der Waals surface area (Å²) in [5, 5.41) is 0. The summed E-state index contributed by atoms with van der Waals surface area (Å²) < 4.78 is 35.0. The van der Waals surface area contributed by atoms with E-state index in [0.717, 1.165) is 11.4 Å². The van der Waals surface area contributed by atoms with Gasteiger partial charge in [-0.25, -0.2) is 4.79 Å². The molecular weight excluding hydrogens is 420 g/mol. The molecule has 9 heteroatoms. The maximum atomic E-state index is 12.9. The third kappa shape index (κ3) is 3.77. The molecule has 3 heterocycles. The summed E-state index contributed by atoms with van der Waals surface area (Å²) in [5.41, 5.74) is 1.06. The molecule has 31 heavy (non-hydrogen) atoms. The Morgan fingerprint density at radius 1 is 1.00 bits per heavy atom. The summed E-state index contributed by atoms with van der Waals surface area (Å²) >= 11 is -1.87. The predicted octanol–water partition coefficient (Wildman–Crippen LogP) is 3.91. The normalized spacial score (nSPS) is 27.1. The van der Waals surface area contributed by atoms with Crippen molar-refractivity contribution in [2.24, 2.45) is 0 Å². The van der Waals surface area contributed by atoms with E-state index >= 15 is 0 Å². The Morgan fingerprint density at radius 3 is 2.23 bits per heavy atom. The number of hydrogen-bond acceptors (Lipinski definition) is 7. The second kappa shape index (κ2) is 7.51. The summed E-state index contributed by atoms with van der Waals surface area (Å²) in [4.78, 5) is 16.6. The highest BCUT2D eigenvalue weighted by Gasteiger charge is 2.51. The van der Waals surface area contributed by atoms with E-state index in [2.05, 4.69) is 4.90 Å². The monoisotopic (exact) mass is 444 g/mol. The molecule has 0 radical (unpaired) electrons. The zero-order chi connectivity index (χ0) is 21.8. The number of piperidine rings is 1. The highest BCUT2D eigenvalue weighted by Crippen LogP contribution is 2.49. The van der Waals surface area contributed by atoms with Crippen LogP contribution in [-0.2, 0) is 24.5 Å². The van der Waals surface area contributed by atoms with E-state index in [-0.39, 0.29) is 12.6 Å². The minimum absolute atomic E-state index is 0.245. The van der Waals surface area contributed by atoms with Gasteiger partial charge in [0.05, 0.1) is 24.0 Å². The van der Waals surface area contributed by atoms with Gasteiger partial charge in [-0.15, -0.1) is 0 Å². The first-order valence-corrected chi connectivity index (χ1v) is 11.2. The lowest BCUT2D eigenvalue weighted by molar-refractivity contribution is -0.00656. The van der Waals surface area contributed by atoms with Gasteiger partial charge in [0.1, 0.15) is 17.8 Å². The van der Waals surface area contributed by atoms with Crippen LogP contribution in [0, 0.1) is 0 Å². The lowest BCUT2D eigenvalue weighted by Gasteiger charge is -2.46. The van der Waals surface area contributed by atoms with Gasteiger partial charge in [0.2, 0.25) is 0 Å². The lowest BCUT2D eigenvalue weighted by Crippen LogP contribution is -2.61. The number of ether oxygens (including phenoxy) is 2. The van der Waals surface area contributed by atoms with Crippen molar-refractivity contribution in [3.8, 4) is 11.5 Å². The molecular formula is C22H24N2O6S. The summed E-state index contributed by atoms with van der Waals surface area (Å²) in [6.45, 7) is 6.05. The predicted molar refractivity (Wildman–Crippen MR) is 115 cm³/mol. The van der Waals surface area contributed by atoms with Crippen molar-refractivity contribution in [2.45, 2.75) is 44.6 Å². The van der Waals surface area contributed by atoms with Gasteiger partial charge in [0.15, 0.2) is 11.5 Å². The molecule has 4 unspecified atom stereocenters. The van der Waals surface area contributed by atoms with Gasteiger partial charge in [0, 0.05) is 6.54 Å². The molecule has 2 fully saturated rings. The molecule has 3 aliphatic rings. The highest BCUT2D eigenvalue weighted by atomic mass is 32.2. The number of carbonyl (C=O) groups is 1. The van der Waals surface area contributed by atoms with Gasteiger partial charge < -0.3 is 19.3 Å². The van der Waals surface area contributed by atoms with Crippen molar-refractivity contribution in [2.75, 3.05) is 18.0 Å². The van der Waals surface area contributed by atoms with Gasteiger partial charge in [-0.3, -0.25) is 8.37 Å². The number of amides is 1. The quantitative estimate of drug-likeness (QED) is 0.660. The second-order valence-electron chi connectivity index (χ2n) is 8.76. The average Bonchev–Trinajstić information content (AvgIpc) is 3.10. The number of para-hydroxylation sites is 4. The van der Waals surface area contributed by atoms with Crippen molar-refractivity contribution in [1.82, 2.24) is 4.90 Å². The molecule has 5 rings (SSSR count). The number of likely N-dealkylation sites (tertiary alicyclic amines) is 1. The fraction of sp³-hybridized carbons (Fsp3) is 0.409. The summed E-state index contributed by atoms with van der Waals surface area (Å²) in [5.74, 6) is 1.40. The van der Waals surface area contributed by atoms with E-state index in [0.29, 0.717) is 18.0 Å². The van der Waals surface area contributed by atoms with E-state index in [4.69, 9.17) is 17.8 Å². The Kier molecular flexibility index (Phi) is 4.91. The molecule has 2 saturated heterocycles. The van der Waals surface area contributed by atoms with E-state index in [1.807, 2.05) is 69.3 Å². The minimum atomic E-state index is -1.87. The van der Waals surface area contributed by atoms with E-state index in [1.54, 1.807) is 4.90 Å². The van der Waals surface area contributed by atoms with Crippen LogP contribution < -0.4 is 9.64 Å². The minimum Gasteiger partial charge on any atom is -0.453 e. The summed E-state index contributed by atoms with van der Waals surface area (Å²) in [7, 11) is 0. The van der Waals surface area contributed by atoms with E-state index in [9.17, 15) is 9.00 Å². The van der Waals surface area contributed by atoms with Crippen LogP contribution in [0.5, 0.6) is 11.5 Å². The number of carbonyl (C=O) groups excluding carboxylic acids is 1. The first-order valence-electron chi connectivity index (χ1n) is 10.2. The third-order valence-corrected chi connectivity index (χ3v) is 6.18. The van der Waals surface area contributed by atoms with Crippen molar-refractivity contribution < 1.29 is 26.8 Å². The number of fused-ring (bicyclic) bond motifs is 3. The Bertz CT molecular complexity index is 993. The van der Waals surface area contributed by atoms with Crippen molar-refractivity contribution in [3.05, 3.63) is 48.5 Å². The molecule has 0 aromatic heterocycles. The highest BCUT2D eigenvalue weighted by molar-refractivity contribution is 7.75. The molecule has 2 aromatic carbocycles. The van der Waals surface area contributed by atoms with Gasteiger partial charge in [-0.1, -0.05) is 24.3 Å². The number of anilines is 2. The largest absolute Gasteiger partial charge is 0.453 e. The van der Waals surface area contributed by atoms with Gasteiger partial charge in [-0.2, -0.15) is 4.21 Å². The molecule has 164 valence electrons. The molecule has 0 bridgehead atoms. The lowest BCUT2D eigenvalue weighted by atomic mass is 9.96. The number of nitrogens with zero attached hydrogens (tertiary/aromatic N) is 2. The van der Waals surface area contributed by atoms with Crippen molar-refractivity contribution >= 4 is 28.8 Å². The number of hydrogen-bond donors (Lipinski definition) is 0. The first-order chi connectivity index (χ1) is 14.8. The molecule has 0 spiro atoms. The average molecular weight is 445 g/mol. The van der Waals surface area contributed by atoms with Crippen molar-refractivity contribution in [1.29, 1.82) is 0 Å². The Hall–Kier alpha value is -2.62. The summed E-state index contributed by atoms with van der Waals surface area (Å²) in [6, 6.07) is 15.0. The van der Waals surface area contributed by atoms with Gasteiger partial charge >= 0.3 is 17.5 Å². The Labute approximate surface area is 183 Å². The maximum Gasteiger partial charge on any atom is 0.410 e. The molecule has 2 aromatic rings. The molecule has 4 atom stereocenters. The Balaban J connectivity index is 1.56. The fourth-order valence-electron chi connectivity index (χ4n) is 4.19. The van der Waals surface area contributed by atoms with Crippen LogP contribution in [0.4, 0.5) is 16.2 Å². The SMILES string of the molecule is CC(C)(C)OC(=O)N1CC2OS(=O)OC2C(N2c3ccccc3Oc3ccccc32)C1. The molecule has 3 aliphatic heterocycles. The molecule has 0 saturated carbocycles. The standard InChI is InChI=1S/C22H24N2O6S/c1-22(2,3)28-21(25)23-12-16(20-19(13-23)29-31(26)30-20)24-14-8-4-6-10-17(14)27-18-11-7-5-9-15(18)24/h4-11,16,19-20H,12-13H2,1-3H3. The van der Waals surface area contributed by atoms with Gasteiger partial charge in [-0.05, 0) is 45.0 Å². The van der Waals surface area contributed by atoms with Crippen LogP contribution in [0.3, 0.4) is 0 Å². The molecule has 8 nitrogen and oxygen atoms in total. The smallest absolute Gasteiger partial charge is 0.410 e. The molecule has 0 N–H and O–H groups in total. The van der Waals surface area contributed by atoms with Crippen LogP contribution in [0.2, 0.25) is 0 Å². The second-order valence-corrected chi connectivity index (χ2v) is 9.55. The van der Waals surface area contributed by atoms with Crippen LogP contribution in [-0.4, -0.2) is 52.1 Å². The summed E-state index contributed by atoms with van der Waals surface area (Å²) in [6.07, 6.45) is -1.46. The van der Waals surface area contributed by atoms with Gasteiger partial charge in [0.25, 0.3) is 0 Å². The zero-order valence-electron chi connectivity index (χ0n) is 17.5. The molecule has 0 aliphatic carbocycles. The Morgan fingerprint density at radius 2 is 1.61 bits per heavy atom. The third-order valence-electron chi connectivity index (χ3n) is 5.40. The maximum absolute atomic E-state index is 12.9. The fourth-order valence-corrected chi connectivity index (χ4v) is 5.04. The van der Waals surface area contributed by atoms with Crippen LogP contribution in [0.1, 0.15) is 20.8 Å². The van der Waals surface area contributed by atoms with E-state index in [1.165, 1.54) is 0 Å².